The number of ether oxygens (including phenoxy) is 2. The van der Waals surface area contributed by atoms with Crippen molar-refractivity contribution in [2.75, 3.05) is 7.11 Å². The first-order valence-electron chi connectivity index (χ1n) is 12.0. The minimum absolute atomic E-state index is 0.161. The average Bonchev–Trinajstić information content (AvgIpc) is 2.87. The van der Waals surface area contributed by atoms with Gasteiger partial charge in [-0.25, -0.2) is 9.97 Å². The van der Waals surface area contributed by atoms with E-state index in [0.717, 1.165) is 45.2 Å². The van der Waals surface area contributed by atoms with Gasteiger partial charge in [0.25, 0.3) is 5.56 Å². The Morgan fingerprint density at radius 2 is 1.75 bits per heavy atom. The average molecular weight is 485 g/mol. The highest BCUT2D eigenvalue weighted by atomic mass is 16.5. The smallest absolute Gasteiger partial charge is 0.264 e. The standard InChI is InChI=1S/C29H32N4O3/c1-17(2)27-30-15-19(4)26(32-27)23-12-11-18(3)25(14-23)33-21(6)31-28(20(5)29(33)34)36-16-22-9-8-10-24(13-22)35-7/h8-15,17H,16H2,1-7H3. The lowest BCUT2D eigenvalue weighted by atomic mass is 10.0. The van der Waals surface area contributed by atoms with Crippen LogP contribution >= 0.6 is 0 Å². The molecule has 2 aromatic heterocycles. The lowest BCUT2D eigenvalue weighted by molar-refractivity contribution is 0.288. The van der Waals surface area contributed by atoms with Crippen LogP contribution in [0.5, 0.6) is 11.6 Å². The van der Waals surface area contributed by atoms with Crippen LogP contribution in [0.1, 0.15) is 53.7 Å². The van der Waals surface area contributed by atoms with Crippen LogP contribution in [0, 0.1) is 27.7 Å². The van der Waals surface area contributed by atoms with Crippen LogP contribution in [-0.2, 0) is 6.61 Å². The Labute approximate surface area is 211 Å². The summed E-state index contributed by atoms with van der Waals surface area (Å²) in [6, 6.07) is 13.7. The van der Waals surface area contributed by atoms with Crippen molar-refractivity contribution in [1.29, 1.82) is 0 Å². The lowest BCUT2D eigenvalue weighted by Crippen LogP contribution is -2.26. The van der Waals surface area contributed by atoms with E-state index in [9.17, 15) is 4.79 Å². The summed E-state index contributed by atoms with van der Waals surface area (Å²) in [5.74, 6) is 2.64. The van der Waals surface area contributed by atoms with Crippen molar-refractivity contribution in [3.8, 4) is 28.6 Å². The molecule has 2 heterocycles. The first-order chi connectivity index (χ1) is 17.2. The van der Waals surface area contributed by atoms with Crippen LogP contribution < -0.4 is 15.0 Å². The van der Waals surface area contributed by atoms with Crippen molar-refractivity contribution in [1.82, 2.24) is 19.5 Å². The molecule has 4 rings (SSSR count). The molecule has 0 amide bonds. The molecule has 0 radical (unpaired) electrons. The molecular weight excluding hydrogens is 452 g/mol. The zero-order valence-corrected chi connectivity index (χ0v) is 21.9. The molecule has 0 saturated heterocycles. The number of methoxy groups -OCH3 is 1. The summed E-state index contributed by atoms with van der Waals surface area (Å²) < 4.78 is 12.9. The molecule has 0 unspecified atom stereocenters. The van der Waals surface area contributed by atoms with Gasteiger partial charge in [0.1, 0.15) is 24.0 Å². The Balaban J connectivity index is 1.73. The third kappa shape index (κ3) is 5.00. The molecule has 0 aliphatic heterocycles. The minimum atomic E-state index is -0.161. The Bertz CT molecular complexity index is 1470. The molecule has 0 aliphatic rings. The Morgan fingerprint density at radius 3 is 2.47 bits per heavy atom. The SMILES string of the molecule is COc1cccc(COc2nc(C)n(-c3cc(-c4nc(C(C)C)ncc4C)ccc3C)c(=O)c2C)c1. The van der Waals surface area contributed by atoms with Crippen molar-refractivity contribution in [3.63, 3.8) is 0 Å². The van der Waals surface area contributed by atoms with Gasteiger partial charge in [-0.05, 0) is 62.6 Å². The second-order valence-corrected chi connectivity index (χ2v) is 9.29. The van der Waals surface area contributed by atoms with Gasteiger partial charge in [0, 0.05) is 17.7 Å². The summed E-state index contributed by atoms with van der Waals surface area (Å²) in [4.78, 5) is 27.4. The van der Waals surface area contributed by atoms with Gasteiger partial charge in [-0.2, -0.15) is 4.98 Å². The molecule has 0 bridgehead atoms. The molecule has 2 aromatic carbocycles. The zero-order valence-electron chi connectivity index (χ0n) is 21.9. The first kappa shape index (κ1) is 25.1. The number of rotatable bonds is 7. The predicted octanol–water partition coefficient (Wildman–Crippen LogP) is 5.63. The van der Waals surface area contributed by atoms with E-state index in [1.165, 1.54) is 0 Å². The summed E-state index contributed by atoms with van der Waals surface area (Å²) in [5.41, 5.74) is 5.73. The van der Waals surface area contributed by atoms with E-state index in [1.54, 1.807) is 18.6 Å². The highest BCUT2D eigenvalue weighted by molar-refractivity contribution is 5.66. The molecule has 0 N–H and O–H groups in total. The van der Waals surface area contributed by atoms with E-state index >= 15 is 0 Å². The molecule has 0 atom stereocenters. The van der Waals surface area contributed by atoms with E-state index < -0.39 is 0 Å². The van der Waals surface area contributed by atoms with Gasteiger partial charge in [0.2, 0.25) is 5.88 Å². The molecule has 4 aromatic rings. The predicted molar refractivity (Wildman–Crippen MR) is 141 cm³/mol. The van der Waals surface area contributed by atoms with Crippen LogP contribution in [0.25, 0.3) is 16.9 Å². The maximum absolute atomic E-state index is 13.5. The fraction of sp³-hybridized carbons (Fsp3) is 0.310. The van der Waals surface area contributed by atoms with Crippen molar-refractivity contribution < 1.29 is 9.47 Å². The van der Waals surface area contributed by atoms with Gasteiger partial charge >= 0.3 is 0 Å². The molecule has 36 heavy (non-hydrogen) atoms. The van der Waals surface area contributed by atoms with Crippen LogP contribution in [0.4, 0.5) is 0 Å². The van der Waals surface area contributed by atoms with Gasteiger partial charge in [-0.1, -0.05) is 38.1 Å². The van der Waals surface area contributed by atoms with Crippen molar-refractivity contribution in [3.05, 3.63) is 92.9 Å². The third-order valence-electron chi connectivity index (χ3n) is 6.17. The topological polar surface area (TPSA) is 79.1 Å². The van der Waals surface area contributed by atoms with E-state index in [1.807, 2.05) is 69.4 Å². The molecular formula is C29H32N4O3. The summed E-state index contributed by atoms with van der Waals surface area (Å²) in [6.45, 7) is 12.0. The lowest BCUT2D eigenvalue weighted by Gasteiger charge is -2.17. The Hall–Kier alpha value is -4.00. The number of hydrogen-bond acceptors (Lipinski definition) is 6. The van der Waals surface area contributed by atoms with Gasteiger partial charge in [0.15, 0.2) is 0 Å². The normalized spacial score (nSPS) is 11.1. The van der Waals surface area contributed by atoms with Gasteiger partial charge in [-0.15, -0.1) is 0 Å². The number of nitrogens with zero attached hydrogens (tertiary/aromatic N) is 4. The first-order valence-corrected chi connectivity index (χ1v) is 12.0. The number of benzene rings is 2. The molecule has 0 spiro atoms. The molecule has 7 heteroatoms. The molecule has 7 nitrogen and oxygen atoms in total. The van der Waals surface area contributed by atoms with Crippen LogP contribution in [0.3, 0.4) is 0 Å². The van der Waals surface area contributed by atoms with Crippen LogP contribution in [-0.4, -0.2) is 26.6 Å². The van der Waals surface area contributed by atoms with Gasteiger partial charge in [-0.3, -0.25) is 9.36 Å². The number of aryl methyl sites for hydroxylation is 3. The van der Waals surface area contributed by atoms with E-state index in [2.05, 4.69) is 23.8 Å². The summed E-state index contributed by atoms with van der Waals surface area (Å²) in [5, 5.41) is 0. The number of aromatic nitrogens is 4. The van der Waals surface area contributed by atoms with Gasteiger partial charge in [0.05, 0.1) is 24.1 Å². The molecule has 186 valence electrons. The minimum Gasteiger partial charge on any atom is -0.497 e. The Morgan fingerprint density at radius 1 is 0.972 bits per heavy atom. The van der Waals surface area contributed by atoms with Crippen molar-refractivity contribution >= 4 is 0 Å². The van der Waals surface area contributed by atoms with E-state index in [0.29, 0.717) is 17.3 Å². The fourth-order valence-corrected chi connectivity index (χ4v) is 4.05. The summed E-state index contributed by atoms with van der Waals surface area (Å²) in [6.07, 6.45) is 1.86. The zero-order chi connectivity index (χ0) is 26.0. The van der Waals surface area contributed by atoms with E-state index in [-0.39, 0.29) is 18.1 Å². The second-order valence-electron chi connectivity index (χ2n) is 9.29. The molecule has 0 aliphatic carbocycles. The van der Waals surface area contributed by atoms with Crippen LogP contribution in [0.15, 0.2) is 53.5 Å². The molecule has 0 saturated carbocycles. The van der Waals surface area contributed by atoms with Crippen molar-refractivity contribution in [2.45, 2.75) is 54.1 Å². The monoisotopic (exact) mass is 484 g/mol. The fourth-order valence-electron chi connectivity index (χ4n) is 4.05. The Kier molecular flexibility index (Phi) is 7.20. The van der Waals surface area contributed by atoms with Crippen LogP contribution in [0.2, 0.25) is 0 Å². The molecule has 0 fully saturated rings. The van der Waals surface area contributed by atoms with Gasteiger partial charge < -0.3 is 9.47 Å². The quantitative estimate of drug-likeness (QED) is 0.338. The van der Waals surface area contributed by atoms with Crippen molar-refractivity contribution in [2.24, 2.45) is 0 Å². The second kappa shape index (κ2) is 10.3. The highest BCUT2D eigenvalue weighted by Crippen LogP contribution is 2.27. The maximum Gasteiger partial charge on any atom is 0.264 e. The maximum atomic E-state index is 13.5. The third-order valence-corrected chi connectivity index (χ3v) is 6.17. The largest absolute Gasteiger partial charge is 0.497 e. The summed E-state index contributed by atoms with van der Waals surface area (Å²) >= 11 is 0. The summed E-state index contributed by atoms with van der Waals surface area (Å²) in [7, 11) is 1.63. The van der Waals surface area contributed by atoms with E-state index in [4.69, 9.17) is 14.5 Å². The number of hydrogen-bond donors (Lipinski definition) is 0. The highest BCUT2D eigenvalue weighted by Gasteiger charge is 2.17.